The van der Waals surface area contributed by atoms with Crippen LogP contribution in [0.1, 0.15) is 13.3 Å². The molecule has 148 valence electrons. The summed E-state index contributed by atoms with van der Waals surface area (Å²) in [6.45, 7) is 2.79. The predicted octanol–water partition coefficient (Wildman–Crippen LogP) is 4.15. The first-order valence-corrected chi connectivity index (χ1v) is 10.1. The van der Waals surface area contributed by atoms with Crippen molar-refractivity contribution in [2.75, 3.05) is 11.9 Å². The molecule has 1 N–H and O–H groups in total. The van der Waals surface area contributed by atoms with Crippen LogP contribution in [-0.2, 0) is 11.3 Å². The standard InChI is InChI=1S/C21H19N3O4S/c1-2-27-15-9-7-14(8-10-15)16-13-29-20(22-16)23-19(25)11-12-24-17-5-3-4-6-18(17)28-21(24)26/h3-10,13H,2,11-12H2,1H3,(H,22,23,25). The summed E-state index contributed by atoms with van der Waals surface area (Å²) in [5, 5.41) is 5.20. The van der Waals surface area contributed by atoms with Gasteiger partial charge in [-0.1, -0.05) is 12.1 Å². The van der Waals surface area contributed by atoms with Crippen molar-refractivity contribution >= 4 is 33.5 Å². The Morgan fingerprint density at radius 2 is 2.00 bits per heavy atom. The monoisotopic (exact) mass is 409 g/mol. The van der Waals surface area contributed by atoms with Gasteiger partial charge in [0, 0.05) is 23.9 Å². The van der Waals surface area contributed by atoms with Gasteiger partial charge in [0.1, 0.15) is 5.75 Å². The molecular weight excluding hydrogens is 390 g/mol. The second-order valence-corrected chi connectivity index (χ2v) is 7.14. The number of rotatable bonds is 7. The van der Waals surface area contributed by atoms with Gasteiger partial charge in [0.2, 0.25) is 5.91 Å². The van der Waals surface area contributed by atoms with E-state index < -0.39 is 5.76 Å². The third kappa shape index (κ3) is 4.22. The van der Waals surface area contributed by atoms with Gasteiger partial charge in [-0.05, 0) is 43.3 Å². The summed E-state index contributed by atoms with van der Waals surface area (Å²) in [5.74, 6) is 0.128. The van der Waals surface area contributed by atoms with E-state index >= 15 is 0 Å². The van der Waals surface area contributed by atoms with E-state index in [9.17, 15) is 9.59 Å². The van der Waals surface area contributed by atoms with Crippen LogP contribution in [0.15, 0.2) is 63.1 Å². The number of nitrogens with one attached hydrogen (secondary N) is 1. The van der Waals surface area contributed by atoms with Crippen molar-refractivity contribution in [3.8, 4) is 17.0 Å². The van der Waals surface area contributed by atoms with Crippen molar-refractivity contribution in [1.29, 1.82) is 0 Å². The molecule has 0 saturated carbocycles. The van der Waals surface area contributed by atoms with Crippen LogP contribution in [0.25, 0.3) is 22.4 Å². The quantitative estimate of drug-likeness (QED) is 0.496. The lowest BCUT2D eigenvalue weighted by atomic mass is 10.2. The molecule has 0 radical (unpaired) electrons. The van der Waals surface area contributed by atoms with E-state index in [1.165, 1.54) is 15.9 Å². The Hall–Kier alpha value is -3.39. The van der Waals surface area contributed by atoms with E-state index in [1.54, 1.807) is 18.2 Å². The summed E-state index contributed by atoms with van der Waals surface area (Å²) in [7, 11) is 0. The Morgan fingerprint density at radius 1 is 1.21 bits per heavy atom. The van der Waals surface area contributed by atoms with Crippen molar-refractivity contribution < 1.29 is 13.9 Å². The second kappa shape index (κ2) is 8.32. The number of thiazole rings is 1. The minimum Gasteiger partial charge on any atom is -0.494 e. The summed E-state index contributed by atoms with van der Waals surface area (Å²) in [5.41, 5.74) is 2.92. The maximum atomic E-state index is 12.3. The van der Waals surface area contributed by atoms with Gasteiger partial charge in [0.25, 0.3) is 0 Å². The number of para-hydroxylation sites is 2. The third-order valence-electron chi connectivity index (χ3n) is 4.35. The van der Waals surface area contributed by atoms with Gasteiger partial charge in [-0.3, -0.25) is 9.36 Å². The fourth-order valence-corrected chi connectivity index (χ4v) is 3.71. The van der Waals surface area contributed by atoms with Gasteiger partial charge < -0.3 is 14.5 Å². The van der Waals surface area contributed by atoms with Crippen LogP contribution < -0.4 is 15.8 Å². The number of benzene rings is 2. The number of fused-ring (bicyclic) bond motifs is 1. The molecular formula is C21H19N3O4S. The van der Waals surface area contributed by atoms with Crippen LogP contribution in [0.4, 0.5) is 5.13 Å². The van der Waals surface area contributed by atoms with Gasteiger partial charge in [0.05, 0.1) is 17.8 Å². The number of hydrogen-bond donors (Lipinski definition) is 1. The zero-order valence-corrected chi connectivity index (χ0v) is 16.6. The summed E-state index contributed by atoms with van der Waals surface area (Å²) < 4.78 is 12.1. The van der Waals surface area contributed by atoms with Gasteiger partial charge in [0.15, 0.2) is 10.7 Å². The van der Waals surface area contributed by atoms with Gasteiger partial charge >= 0.3 is 5.76 Å². The molecule has 2 aromatic heterocycles. The molecule has 29 heavy (non-hydrogen) atoms. The lowest BCUT2D eigenvalue weighted by Gasteiger charge is -2.04. The number of ether oxygens (including phenoxy) is 1. The Kier molecular flexibility index (Phi) is 5.44. The highest BCUT2D eigenvalue weighted by Crippen LogP contribution is 2.26. The van der Waals surface area contributed by atoms with E-state index in [-0.39, 0.29) is 18.9 Å². The van der Waals surface area contributed by atoms with Gasteiger partial charge in [-0.25, -0.2) is 9.78 Å². The van der Waals surface area contributed by atoms with Crippen LogP contribution >= 0.6 is 11.3 Å². The van der Waals surface area contributed by atoms with Crippen LogP contribution in [0.3, 0.4) is 0 Å². The molecule has 0 fully saturated rings. The number of aryl methyl sites for hydroxylation is 1. The summed E-state index contributed by atoms with van der Waals surface area (Å²) >= 11 is 1.35. The first-order chi connectivity index (χ1) is 14.1. The van der Waals surface area contributed by atoms with E-state index in [2.05, 4.69) is 10.3 Å². The highest BCUT2D eigenvalue weighted by Gasteiger charge is 2.12. The maximum absolute atomic E-state index is 12.3. The number of anilines is 1. The topological polar surface area (TPSA) is 86.4 Å². The van der Waals surface area contributed by atoms with Crippen molar-refractivity contribution in [3.05, 3.63) is 64.5 Å². The van der Waals surface area contributed by atoms with Crippen molar-refractivity contribution in [1.82, 2.24) is 9.55 Å². The Balaban J connectivity index is 1.39. The number of amides is 1. The van der Waals surface area contributed by atoms with Crippen molar-refractivity contribution in [3.63, 3.8) is 0 Å². The average molecular weight is 409 g/mol. The molecule has 1 amide bonds. The Bertz CT molecular complexity index is 1190. The van der Waals surface area contributed by atoms with Gasteiger partial charge in [-0.2, -0.15) is 0 Å². The molecule has 0 aliphatic heterocycles. The lowest BCUT2D eigenvalue weighted by molar-refractivity contribution is -0.116. The average Bonchev–Trinajstić information content (AvgIpc) is 3.31. The lowest BCUT2D eigenvalue weighted by Crippen LogP contribution is -2.19. The van der Waals surface area contributed by atoms with Crippen LogP contribution in [0, 0.1) is 0 Å². The number of nitrogens with zero attached hydrogens (tertiary/aromatic N) is 2. The molecule has 0 spiro atoms. The second-order valence-electron chi connectivity index (χ2n) is 6.28. The van der Waals surface area contributed by atoms with E-state index in [0.717, 1.165) is 17.0 Å². The Labute approximate surface area is 170 Å². The molecule has 0 aliphatic carbocycles. The van der Waals surface area contributed by atoms with Crippen LogP contribution in [0.5, 0.6) is 5.75 Å². The van der Waals surface area contributed by atoms with E-state index in [4.69, 9.17) is 9.15 Å². The zero-order valence-electron chi connectivity index (χ0n) is 15.8. The number of aromatic nitrogens is 2. The summed E-state index contributed by atoms with van der Waals surface area (Å²) in [6.07, 6.45) is 0.140. The molecule has 0 unspecified atom stereocenters. The molecule has 4 aromatic rings. The van der Waals surface area contributed by atoms with E-state index in [1.807, 2.05) is 42.6 Å². The maximum Gasteiger partial charge on any atom is 0.419 e. The smallest absolute Gasteiger partial charge is 0.419 e. The third-order valence-corrected chi connectivity index (χ3v) is 5.11. The molecule has 2 heterocycles. The number of carbonyl (C=O) groups is 1. The highest BCUT2D eigenvalue weighted by molar-refractivity contribution is 7.14. The Morgan fingerprint density at radius 3 is 2.79 bits per heavy atom. The molecule has 0 bridgehead atoms. The SMILES string of the molecule is CCOc1ccc(-c2csc(NC(=O)CCn3c(=O)oc4ccccc43)n2)cc1. The van der Waals surface area contributed by atoms with Crippen molar-refractivity contribution in [2.45, 2.75) is 19.9 Å². The number of oxazole rings is 1. The summed E-state index contributed by atoms with van der Waals surface area (Å²) in [4.78, 5) is 28.8. The first kappa shape index (κ1) is 18.9. The summed E-state index contributed by atoms with van der Waals surface area (Å²) in [6, 6.07) is 14.8. The number of hydrogen-bond acceptors (Lipinski definition) is 6. The normalized spacial score (nSPS) is 10.9. The molecule has 7 nitrogen and oxygen atoms in total. The van der Waals surface area contributed by atoms with E-state index in [0.29, 0.717) is 22.8 Å². The molecule has 0 atom stereocenters. The molecule has 8 heteroatoms. The molecule has 4 rings (SSSR count). The highest BCUT2D eigenvalue weighted by atomic mass is 32.1. The molecule has 0 aliphatic rings. The number of carbonyl (C=O) groups excluding carboxylic acids is 1. The van der Waals surface area contributed by atoms with Crippen LogP contribution in [0.2, 0.25) is 0 Å². The molecule has 2 aromatic carbocycles. The fraction of sp³-hybridized carbons (Fsp3) is 0.190. The minimum absolute atomic E-state index is 0.140. The van der Waals surface area contributed by atoms with Crippen molar-refractivity contribution in [2.24, 2.45) is 0 Å². The van der Waals surface area contributed by atoms with Crippen LogP contribution in [-0.4, -0.2) is 22.1 Å². The molecule has 0 saturated heterocycles. The largest absolute Gasteiger partial charge is 0.494 e. The van der Waals surface area contributed by atoms with Gasteiger partial charge in [-0.15, -0.1) is 11.3 Å². The first-order valence-electron chi connectivity index (χ1n) is 9.21. The fourth-order valence-electron chi connectivity index (χ4n) is 2.97. The minimum atomic E-state index is -0.467. The predicted molar refractivity (Wildman–Crippen MR) is 112 cm³/mol. The zero-order chi connectivity index (χ0) is 20.2.